The second-order valence-corrected chi connectivity index (χ2v) is 5.60. The number of amides is 1. The zero-order valence-corrected chi connectivity index (χ0v) is 12.2. The van der Waals surface area contributed by atoms with Crippen molar-refractivity contribution < 1.29 is 9.18 Å². The SMILES string of the molecule is C[C@H](c1ccccc1F)N(C)C(=O)CC1CCNCC1. The summed E-state index contributed by atoms with van der Waals surface area (Å²) in [6.45, 7) is 3.85. The molecule has 1 aliphatic rings. The first-order valence-electron chi connectivity index (χ1n) is 7.30. The van der Waals surface area contributed by atoms with E-state index in [9.17, 15) is 9.18 Å². The Morgan fingerprint density at radius 3 is 2.70 bits per heavy atom. The number of benzene rings is 1. The van der Waals surface area contributed by atoms with Crippen molar-refractivity contribution >= 4 is 5.91 Å². The van der Waals surface area contributed by atoms with Crippen LogP contribution in [0.25, 0.3) is 0 Å². The lowest BCUT2D eigenvalue weighted by molar-refractivity contribution is -0.133. The number of nitrogens with zero attached hydrogens (tertiary/aromatic N) is 1. The summed E-state index contributed by atoms with van der Waals surface area (Å²) in [5.74, 6) is 0.313. The lowest BCUT2D eigenvalue weighted by atomic mass is 9.93. The highest BCUT2D eigenvalue weighted by Gasteiger charge is 2.23. The van der Waals surface area contributed by atoms with Gasteiger partial charge in [0.15, 0.2) is 0 Å². The number of piperidine rings is 1. The average molecular weight is 278 g/mol. The van der Waals surface area contributed by atoms with E-state index >= 15 is 0 Å². The van der Waals surface area contributed by atoms with E-state index in [1.165, 1.54) is 6.07 Å². The second-order valence-electron chi connectivity index (χ2n) is 5.60. The van der Waals surface area contributed by atoms with Gasteiger partial charge in [-0.15, -0.1) is 0 Å². The van der Waals surface area contributed by atoms with Crippen molar-refractivity contribution in [2.45, 2.75) is 32.2 Å². The first kappa shape index (κ1) is 15.0. The van der Waals surface area contributed by atoms with Crippen LogP contribution in [0, 0.1) is 11.7 Å². The van der Waals surface area contributed by atoms with E-state index in [2.05, 4.69) is 5.32 Å². The lowest BCUT2D eigenvalue weighted by Crippen LogP contribution is -2.34. The van der Waals surface area contributed by atoms with Gasteiger partial charge in [0.1, 0.15) is 5.82 Å². The number of carbonyl (C=O) groups excluding carboxylic acids is 1. The van der Waals surface area contributed by atoms with Crippen molar-refractivity contribution in [1.29, 1.82) is 0 Å². The summed E-state index contributed by atoms with van der Waals surface area (Å²) in [5, 5.41) is 3.30. The van der Waals surface area contributed by atoms with Crippen LogP contribution in [0.15, 0.2) is 24.3 Å². The molecular weight excluding hydrogens is 255 g/mol. The molecule has 2 rings (SSSR count). The Kier molecular flexibility index (Phi) is 5.12. The number of rotatable bonds is 4. The summed E-state index contributed by atoms with van der Waals surface area (Å²) in [7, 11) is 1.76. The Morgan fingerprint density at radius 1 is 1.40 bits per heavy atom. The first-order valence-corrected chi connectivity index (χ1v) is 7.30. The molecule has 0 saturated carbocycles. The van der Waals surface area contributed by atoms with Gasteiger partial charge in [-0.25, -0.2) is 4.39 Å². The molecule has 0 radical (unpaired) electrons. The maximum absolute atomic E-state index is 13.8. The standard InChI is InChI=1S/C16H23FN2O/c1-12(14-5-3-4-6-15(14)17)19(2)16(20)11-13-7-9-18-10-8-13/h3-6,12-13,18H,7-11H2,1-2H3/t12-/m1/s1. The highest BCUT2D eigenvalue weighted by Crippen LogP contribution is 2.24. The second kappa shape index (κ2) is 6.84. The van der Waals surface area contributed by atoms with Crippen LogP contribution in [0.4, 0.5) is 4.39 Å². The molecule has 1 fully saturated rings. The third-order valence-corrected chi connectivity index (χ3v) is 4.25. The van der Waals surface area contributed by atoms with E-state index < -0.39 is 0 Å². The van der Waals surface area contributed by atoms with Crippen LogP contribution in [0.3, 0.4) is 0 Å². The van der Waals surface area contributed by atoms with Crippen molar-refractivity contribution in [1.82, 2.24) is 10.2 Å². The highest BCUT2D eigenvalue weighted by molar-refractivity contribution is 5.76. The van der Waals surface area contributed by atoms with Crippen molar-refractivity contribution in [2.75, 3.05) is 20.1 Å². The molecular formula is C16H23FN2O. The van der Waals surface area contributed by atoms with E-state index in [0.29, 0.717) is 17.9 Å². The molecule has 20 heavy (non-hydrogen) atoms. The number of carbonyl (C=O) groups is 1. The molecule has 3 nitrogen and oxygen atoms in total. The van der Waals surface area contributed by atoms with Crippen molar-refractivity contribution in [2.24, 2.45) is 5.92 Å². The Bertz CT molecular complexity index is 458. The number of nitrogens with one attached hydrogen (secondary N) is 1. The van der Waals surface area contributed by atoms with Gasteiger partial charge in [0.2, 0.25) is 5.91 Å². The quantitative estimate of drug-likeness (QED) is 0.918. The topological polar surface area (TPSA) is 32.3 Å². The van der Waals surface area contributed by atoms with Crippen LogP contribution < -0.4 is 5.32 Å². The minimum atomic E-state index is -0.249. The Labute approximate surface area is 120 Å². The predicted molar refractivity (Wildman–Crippen MR) is 77.8 cm³/mol. The Morgan fingerprint density at radius 2 is 2.05 bits per heavy atom. The fraction of sp³-hybridized carbons (Fsp3) is 0.562. The normalized spacial score (nSPS) is 17.8. The summed E-state index contributed by atoms with van der Waals surface area (Å²) in [6.07, 6.45) is 2.66. The molecule has 0 bridgehead atoms. The summed E-state index contributed by atoms with van der Waals surface area (Å²) < 4.78 is 13.8. The molecule has 1 amide bonds. The molecule has 0 unspecified atom stereocenters. The number of halogens is 1. The van der Waals surface area contributed by atoms with Gasteiger partial charge < -0.3 is 10.2 Å². The first-order chi connectivity index (χ1) is 9.59. The molecule has 4 heteroatoms. The number of hydrogen-bond acceptors (Lipinski definition) is 2. The molecule has 1 saturated heterocycles. The van der Waals surface area contributed by atoms with E-state index in [1.807, 2.05) is 6.92 Å². The summed E-state index contributed by atoms with van der Waals surface area (Å²) in [6, 6.07) is 6.43. The summed E-state index contributed by atoms with van der Waals surface area (Å²) in [4.78, 5) is 14.0. The van der Waals surface area contributed by atoms with Gasteiger partial charge in [0.25, 0.3) is 0 Å². The molecule has 1 N–H and O–H groups in total. The predicted octanol–water partition coefficient (Wildman–Crippen LogP) is 2.73. The fourth-order valence-electron chi connectivity index (χ4n) is 2.72. The lowest BCUT2D eigenvalue weighted by Gasteiger charge is -2.29. The molecule has 1 aromatic carbocycles. The molecule has 1 aliphatic heterocycles. The fourth-order valence-corrected chi connectivity index (χ4v) is 2.72. The van der Waals surface area contributed by atoms with Gasteiger partial charge in [-0.1, -0.05) is 18.2 Å². The van der Waals surface area contributed by atoms with E-state index in [-0.39, 0.29) is 17.8 Å². The summed E-state index contributed by atoms with van der Waals surface area (Å²) in [5.41, 5.74) is 0.577. The van der Waals surface area contributed by atoms with Gasteiger partial charge in [0.05, 0.1) is 6.04 Å². The van der Waals surface area contributed by atoms with Crippen molar-refractivity contribution in [3.05, 3.63) is 35.6 Å². The Hall–Kier alpha value is -1.42. The van der Waals surface area contributed by atoms with Crippen LogP contribution >= 0.6 is 0 Å². The van der Waals surface area contributed by atoms with E-state index in [0.717, 1.165) is 25.9 Å². The van der Waals surface area contributed by atoms with Gasteiger partial charge >= 0.3 is 0 Å². The minimum absolute atomic E-state index is 0.104. The highest BCUT2D eigenvalue weighted by atomic mass is 19.1. The molecule has 1 heterocycles. The molecule has 0 aliphatic carbocycles. The van der Waals surface area contributed by atoms with Crippen LogP contribution in [0.2, 0.25) is 0 Å². The third-order valence-electron chi connectivity index (χ3n) is 4.25. The van der Waals surface area contributed by atoms with Crippen LogP contribution in [0.5, 0.6) is 0 Å². The Balaban J connectivity index is 1.97. The zero-order valence-electron chi connectivity index (χ0n) is 12.2. The van der Waals surface area contributed by atoms with Crippen LogP contribution in [0.1, 0.15) is 37.8 Å². The zero-order chi connectivity index (χ0) is 14.5. The van der Waals surface area contributed by atoms with E-state index in [1.54, 1.807) is 30.1 Å². The third kappa shape index (κ3) is 3.57. The molecule has 1 aromatic rings. The average Bonchev–Trinajstić information content (AvgIpc) is 2.47. The van der Waals surface area contributed by atoms with Crippen LogP contribution in [-0.2, 0) is 4.79 Å². The van der Waals surface area contributed by atoms with Gasteiger partial charge in [0, 0.05) is 19.0 Å². The minimum Gasteiger partial charge on any atom is -0.339 e. The molecule has 0 aromatic heterocycles. The maximum Gasteiger partial charge on any atom is 0.223 e. The van der Waals surface area contributed by atoms with Gasteiger partial charge in [-0.05, 0) is 44.8 Å². The van der Waals surface area contributed by atoms with Gasteiger partial charge in [-0.2, -0.15) is 0 Å². The summed E-state index contributed by atoms with van der Waals surface area (Å²) >= 11 is 0. The van der Waals surface area contributed by atoms with Crippen molar-refractivity contribution in [3.63, 3.8) is 0 Å². The van der Waals surface area contributed by atoms with Crippen molar-refractivity contribution in [3.8, 4) is 0 Å². The number of hydrogen-bond donors (Lipinski definition) is 1. The van der Waals surface area contributed by atoms with E-state index in [4.69, 9.17) is 0 Å². The monoisotopic (exact) mass is 278 g/mol. The molecule has 1 atom stereocenters. The molecule has 0 spiro atoms. The maximum atomic E-state index is 13.8. The molecule has 110 valence electrons. The van der Waals surface area contributed by atoms with Crippen LogP contribution in [-0.4, -0.2) is 30.9 Å². The smallest absolute Gasteiger partial charge is 0.223 e. The van der Waals surface area contributed by atoms with Gasteiger partial charge in [-0.3, -0.25) is 4.79 Å². The largest absolute Gasteiger partial charge is 0.339 e.